The fourth-order valence-corrected chi connectivity index (χ4v) is 2.48. The van der Waals surface area contributed by atoms with E-state index in [1.807, 2.05) is 0 Å². The number of rotatable bonds is 6. The number of hydrazone groups is 1. The molecule has 3 aromatic rings. The third kappa shape index (κ3) is 4.93. The summed E-state index contributed by atoms with van der Waals surface area (Å²) in [7, 11) is 1.32. The van der Waals surface area contributed by atoms with Crippen molar-refractivity contribution in [2.45, 2.75) is 0 Å². The number of nitrogens with one attached hydrogen (secondary N) is 1. The zero-order chi connectivity index (χ0) is 22.5. The molecule has 3 N–H and O–H groups in total. The van der Waals surface area contributed by atoms with Crippen molar-refractivity contribution >= 4 is 35.5 Å². The topological polar surface area (TPSA) is 142 Å². The van der Waals surface area contributed by atoms with E-state index in [2.05, 4.69) is 25.5 Å². The number of nitrogen functional groups attached to an aromatic ring is 1. The van der Waals surface area contributed by atoms with E-state index in [0.29, 0.717) is 17.7 Å². The zero-order valence-electron chi connectivity index (χ0n) is 15.6. The summed E-state index contributed by atoms with van der Waals surface area (Å²) in [6.07, 6.45) is 1.27. The molecule has 13 heteroatoms. The smallest absolute Gasteiger partial charge is 0.345 e. The zero-order valence-corrected chi connectivity index (χ0v) is 16.3. The Morgan fingerprint density at radius 3 is 2.61 bits per heavy atom. The average Bonchev–Trinajstić information content (AvgIpc) is 3.17. The van der Waals surface area contributed by atoms with Crippen LogP contribution < -0.4 is 20.6 Å². The first-order valence-electron chi connectivity index (χ1n) is 8.26. The Morgan fingerprint density at radius 1 is 1.19 bits per heavy atom. The van der Waals surface area contributed by atoms with Crippen LogP contribution >= 0.6 is 11.6 Å². The highest BCUT2D eigenvalue weighted by atomic mass is 35.5. The van der Waals surface area contributed by atoms with Crippen molar-refractivity contribution in [3.05, 3.63) is 63.8 Å². The van der Waals surface area contributed by atoms with Crippen LogP contribution in [0.15, 0.2) is 40.1 Å². The number of carbonyl (C=O) groups is 2. The number of hydrogen-bond donors (Lipinski definition) is 2. The van der Waals surface area contributed by atoms with Crippen LogP contribution in [0.3, 0.4) is 0 Å². The minimum Gasteiger partial charge on any atom is -0.493 e. The Hall–Kier alpha value is -4.06. The number of benzene rings is 2. The predicted molar refractivity (Wildman–Crippen MR) is 103 cm³/mol. The third-order valence-electron chi connectivity index (χ3n) is 3.73. The highest BCUT2D eigenvalue weighted by Crippen LogP contribution is 2.29. The number of nitrogens with two attached hydrogens (primary N) is 1. The molecule has 2 aromatic carbocycles. The van der Waals surface area contributed by atoms with Gasteiger partial charge in [-0.3, -0.25) is 4.79 Å². The molecular weight excluding hydrogens is 440 g/mol. The number of aromatic nitrogens is 2. The van der Waals surface area contributed by atoms with Gasteiger partial charge in [-0.15, -0.1) is 0 Å². The minimum atomic E-state index is -1.25. The van der Waals surface area contributed by atoms with Crippen molar-refractivity contribution in [3.63, 3.8) is 0 Å². The van der Waals surface area contributed by atoms with Crippen molar-refractivity contribution in [2.75, 3.05) is 12.8 Å². The largest absolute Gasteiger partial charge is 0.493 e. The summed E-state index contributed by atoms with van der Waals surface area (Å²) in [4.78, 5) is 24.1. The lowest BCUT2D eigenvalue weighted by Crippen LogP contribution is -2.19. The molecule has 0 unspecified atom stereocenters. The Kier molecular flexibility index (Phi) is 6.40. The summed E-state index contributed by atoms with van der Waals surface area (Å²) in [5.74, 6) is -4.30. The van der Waals surface area contributed by atoms with Crippen LogP contribution in [0.25, 0.3) is 0 Å². The molecule has 0 atom stereocenters. The van der Waals surface area contributed by atoms with E-state index in [1.165, 1.54) is 31.5 Å². The SMILES string of the molecule is COc1cc(/C=N\NC(=O)c2nonc2N)ccc1OC(=O)c1cc(F)c(F)cc1Cl. The Labute approximate surface area is 177 Å². The van der Waals surface area contributed by atoms with E-state index >= 15 is 0 Å². The van der Waals surface area contributed by atoms with Gasteiger partial charge < -0.3 is 15.2 Å². The molecule has 0 saturated carbocycles. The Bertz CT molecular complexity index is 1180. The molecule has 0 radical (unpaired) electrons. The Balaban J connectivity index is 1.72. The fraction of sp³-hybridized carbons (Fsp3) is 0.0556. The van der Waals surface area contributed by atoms with Crippen LogP contribution in [0.4, 0.5) is 14.6 Å². The van der Waals surface area contributed by atoms with Crippen molar-refractivity contribution in [2.24, 2.45) is 5.10 Å². The van der Waals surface area contributed by atoms with Crippen molar-refractivity contribution < 1.29 is 32.5 Å². The molecule has 1 heterocycles. The highest BCUT2D eigenvalue weighted by molar-refractivity contribution is 6.33. The van der Waals surface area contributed by atoms with Crippen LogP contribution in [0, 0.1) is 11.6 Å². The maximum Gasteiger partial charge on any atom is 0.345 e. The number of methoxy groups -OCH3 is 1. The summed E-state index contributed by atoms with van der Waals surface area (Å²) in [6, 6.07) is 5.60. The van der Waals surface area contributed by atoms with Gasteiger partial charge in [0.05, 0.1) is 23.9 Å². The van der Waals surface area contributed by atoms with Crippen molar-refractivity contribution in [3.8, 4) is 11.5 Å². The lowest BCUT2D eigenvalue weighted by molar-refractivity contribution is 0.0729. The van der Waals surface area contributed by atoms with Gasteiger partial charge in [0, 0.05) is 0 Å². The summed E-state index contributed by atoms with van der Waals surface area (Å²) >= 11 is 5.78. The minimum absolute atomic E-state index is 0.0177. The molecule has 0 aliphatic heterocycles. The maximum absolute atomic E-state index is 13.4. The van der Waals surface area contributed by atoms with Gasteiger partial charge in [-0.2, -0.15) is 5.10 Å². The molecular formula is C18H12ClF2N5O5. The van der Waals surface area contributed by atoms with Gasteiger partial charge in [0.1, 0.15) is 0 Å². The number of nitrogens with zero attached hydrogens (tertiary/aromatic N) is 3. The van der Waals surface area contributed by atoms with E-state index in [-0.39, 0.29) is 33.6 Å². The van der Waals surface area contributed by atoms with E-state index in [0.717, 1.165) is 0 Å². The number of anilines is 1. The van der Waals surface area contributed by atoms with Gasteiger partial charge in [0.25, 0.3) is 5.91 Å². The second-order valence-electron chi connectivity index (χ2n) is 5.74. The van der Waals surface area contributed by atoms with Crippen molar-refractivity contribution in [1.82, 2.24) is 15.7 Å². The van der Waals surface area contributed by atoms with Crippen LogP contribution in [0.1, 0.15) is 26.4 Å². The summed E-state index contributed by atoms with van der Waals surface area (Å²) in [5, 5.41) is 10.0. The number of amides is 1. The van der Waals surface area contributed by atoms with Gasteiger partial charge in [-0.25, -0.2) is 23.6 Å². The lowest BCUT2D eigenvalue weighted by Gasteiger charge is -2.11. The number of ether oxygens (including phenoxy) is 2. The number of esters is 1. The fourth-order valence-electron chi connectivity index (χ4n) is 2.25. The van der Waals surface area contributed by atoms with E-state index in [9.17, 15) is 18.4 Å². The first kappa shape index (κ1) is 21.6. The molecule has 1 amide bonds. The first-order chi connectivity index (χ1) is 14.8. The second-order valence-corrected chi connectivity index (χ2v) is 6.15. The Morgan fingerprint density at radius 2 is 1.94 bits per heavy atom. The number of carbonyl (C=O) groups excluding carboxylic acids is 2. The van der Waals surface area contributed by atoms with Crippen molar-refractivity contribution in [1.29, 1.82) is 0 Å². The standard InChI is InChI=1S/C18H12ClF2N5O5/c1-29-14-4-8(7-23-24-17(27)15-16(22)26-31-25-15)2-3-13(14)30-18(28)9-5-11(20)12(21)6-10(9)19/h2-7H,1H3,(H2,22,26)(H,24,27)/b23-7-. The number of halogens is 3. The second kappa shape index (κ2) is 9.17. The quantitative estimate of drug-likeness (QED) is 0.191. The average molecular weight is 452 g/mol. The third-order valence-corrected chi connectivity index (χ3v) is 4.04. The van der Waals surface area contributed by atoms with Crippen LogP contribution in [-0.2, 0) is 0 Å². The maximum atomic E-state index is 13.4. The molecule has 31 heavy (non-hydrogen) atoms. The molecule has 1 aromatic heterocycles. The summed E-state index contributed by atoms with van der Waals surface area (Å²) in [6.45, 7) is 0. The molecule has 10 nitrogen and oxygen atoms in total. The molecule has 0 aliphatic carbocycles. The van der Waals surface area contributed by atoms with E-state index in [4.69, 9.17) is 26.8 Å². The van der Waals surface area contributed by atoms with Gasteiger partial charge in [0.2, 0.25) is 11.5 Å². The molecule has 0 saturated heterocycles. The van der Waals surface area contributed by atoms with E-state index in [1.54, 1.807) is 0 Å². The molecule has 160 valence electrons. The predicted octanol–water partition coefficient (Wildman–Crippen LogP) is 2.58. The number of hydrogen-bond acceptors (Lipinski definition) is 9. The van der Waals surface area contributed by atoms with Gasteiger partial charge >= 0.3 is 5.97 Å². The normalized spacial score (nSPS) is 10.8. The summed E-state index contributed by atoms with van der Waals surface area (Å²) < 4.78 is 41.2. The summed E-state index contributed by atoms with van der Waals surface area (Å²) in [5.41, 5.74) is 7.44. The van der Waals surface area contributed by atoms with Gasteiger partial charge in [0.15, 0.2) is 23.1 Å². The monoisotopic (exact) mass is 451 g/mol. The van der Waals surface area contributed by atoms with Crippen LogP contribution in [0.2, 0.25) is 5.02 Å². The van der Waals surface area contributed by atoms with Gasteiger partial charge in [-0.05, 0) is 46.2 Å². The van der Waals surface area contributed by atoms with Gasteiger partial charge in [-0.1, -0.05) is 11.6 Å². The first-order valence-corrected chi connectivity index (χ1v) is 8.64. The van der Waals surface area contributed by atoms with E-state index < -0.39 is 23.5 Å². The van der Waals surface area contributed by atoms with Crippen LogP contribution in [0.5, 0.6) is 11.5 Å². The van der Waals surface area contributed by atoms with Crippen LogP contribution in [-0.4, -0.2) is 35.5 Å². The molecule has 0 fully saturated rings. The highest BCUT2D eigenvalue weighted by Gasteiger charge is 2.19. The molecule has 0 bridgehead atoms. The molecule has 0 spiro atoms. The molecule has 0 aliphatic rings. The lowest BCUT2D eigenvalue weighted by atomic mass is 10.2. The molecule has 3 rings (SSSR count).